The largest absolute Gasteiger partial charge is 0.480 e. The van der Waals surface area contributed by atoms with Crippen molar-refractivity contribution in [1.82, 2.24) is 25.2 Å². The Bertz CT molecular complexity index is 783. The average molecular weight is 269 g/mol. The molecular weight excluding hydrogens is 258 g/mol. The molecule has 1 atom stereocenters. The third-order valence-corrected chi connectivity index (χ3v) is 3.04. The molecule has 100 valence electrons. The minimum absolute atomic E-state index is 0.339. The van der Waals surface area contributed by atoms with Crippen molar-refractivity contribution in [2.75, 3.05) is 0 Å². The molecule has 0 saturated carbocycles. The fourth-order valence-electron chi connectivity index (χ4n) is 1.92. The number of aromatic nitrogens is 5. The first-order chi connectivity index (χ1) is 9.66. The molecule has 2 aromatic heterocycles. The molecule has 0 aliphatic carbocycles. The first-order valence-electron chi connectivity index (χ1n) is 6.03. The maximum Gasteiger partial charge on any atom is 0.328 e. The predicted molar refractivity (Wildman–Crippen MR) is 70.9 cm³/mol. The minimum Gasteiger partial charge on any atom is -0.480 e. The molecule has 0 fully saturated rings. The van der Waals surface area contributed by atoms with Gasteiger partial charge in [-0.05, 0) is 29.5 Å². The van der Waals surface area contributed by atoms with Crippen LogP contribution in [0.1, 0.15) is 13.0 Å². The van der Waals surface area contributed by atoms with Crippen LogP contribution in [0.5, 0.6) is 0 Å². The smallest absolute Gasteiger partial charge is 0.328 e. The number of para-hydroxylation sites is 1. The Morgan fingerprint density at radius 1 is 1.25 bits per heavy atom. The molecule has 0 spiro atoms. The number of pyridine rings is 1. The summed E-state index contributed by atoms with van der Waals surface area (Å²) in [5.41, 5.74) is 1.35. The van der Waals surface area contributed by atoms with Gasteiger partial charge in [-0.15, -0.1) is 5.10 Å². The van der Waals surface area contributed by atoms with Crippen molar-refractivity contribution in [3.05, 3.63) is 36.4 Å². The van der Waals surface area contributed by atoms with Gasteiger partial charge in [-0.2, -0.15) is 0 Å². The van der Waals surface area contributed by atoms with Crippen LogP contribution >= 0.6 is 0 Å². The summed E-state index contributed by atoms with van der Waals surface area (Å²) < 4.78 is 1.25. The van der Waals surface area contributed by atoms with E-state index in [0.717, 1.165) is 10.9 Å². The summed E-state index contributed by atoms with van der Waals surface area (Å²) in [7, 11) is 0. The van der Waals surface area contributed by atoms with Crippen molar-refractivity contribution in [2.24, 2.45) is 0 Å². The number of carboxylic acid groups (broad SMARTS) is 1. The van der Waals surface area contributed by atoms with Gasteiger partial charge in [0.1, 0.15) is 5.69 Å². The fourth-order valence-corrected chi connectivity index (χ4v) is 1.92. The molecule has 0 bridgehead atoms. The maximum atomic E-state index is 11.1. The lowest BCUT2D eigenvalue weighted by molar-refractivity contribution is -0.140. The maximum absolute atomic E-state index is 11.1. The predicted octanol–water partition coefficient (Wildman–Crippen LogP) is 1.53. The number of fused-ring (bicyclic) bond motifs is 1. The van der Waals surface area contributed by atoms with Crippen molar-refractivity contribution >= 4 is 16.9 Å². The number of carboxylic acids is 1. The van der Waals surface area contributed by atoms with Crippen LogP contribution < -0.4 is 0 Å². The van der Waals surface area contributed by atoms with Crippen LogP contribution in [0.4, 0.5) is 0 Å². The normalized spacial score (nSPS) is 12.4. The number of hydrogen-bond acceptors (Lipinski definition) is 5. The van der Waals surface area contributed by atoms with E-state index in [2.05, 4.69) is 20.5 Å². The molecule has 0 amide bonds. The second-order valence-corrected chi connectivity index (χ2v) is 4.35. The highest BCUT2D eigenvalue weighted by molar-refractivity contribution is 5.80. The van der Waals surface area contributed by atoms with Crippen molar-refractivity contribution in [3.63, 3.8) is 0 Å². The van der Waals surface area contributed by atoms with Gasteiger partial charge in [-0.3, -0.25) is 0 Å². The van der Waals surface area contributed by atoms with Gasteiger partial charge < -0.3 is 5.11 Å². The first kappa shape index (κ1) is 12.2. The van der Waals surface area contributed by atoms with E-state index < -0.39 is 12.0 Å². The highest BCUT2D eigenvalue weighted by Crippen LogP contribution is 2.20. The number of tetrazole rings is 1. The van der Waals surface area contributed by atoms with Crippen LogP contribution in [0.25, 0.3) is 22.4 Å². The minimum atomic E-state index is -1.00. The highest BCUT2D eigenvalue weighted by atomic mass is 16.4. The lowest BCUT2D eigenvalue weighted by atomic mass is 10.2. The van der Waals surface area contributed by atoms with Gasteiger partial charge in [0.25, 0.3) is 0 Å². The number of benzene rings is 1. The number of carbonyl (C=O) groups is 1. The van der Waals surface area contributed by atoms with E-state index in [9.17, 15) is 4.79 Å². The Morgan fingerprint density at radius 2 is 2.05 bits per heavy atom. The van der Waals surface area contributed by atoms with E-state index >= 15 is 0 Å². The van der Waals surface area contributed by atoms with Crippen LogP contribution in [0, 0.1) is 0 Å². The van der Waals surface area contributed by atoms with Gasteiger partial charge in [-0.25, -0.2) is 14.5 Å². The number of aliphatic carboxylic acids is 1. The van der Waals surface area contributed by atoms with E-state index in [1.54, 1.807) is 6.07 Å². The molecule has 0 saturated heterocycles. The summed E-state index contributed by atoms with van der Waals surface area (Å²) in [6.45, 7) is 1.52. The average Bonchev–Trinajstić information content (AvgIpc) is 2.95. The zero-order chi connectivity index (χ0) is 14.1. The van der Waals surface area contributed by atoms with Gasteiger partial charge >= 0.3 is 5.97 Å². The van der Waals surface area contributed by atoms with Gasteiger partial charge in [-0.1, -0.05) is 24.3 Å². The molecule has 7 nitrogen and oxygen atoms in total. The lowest BCUT2D eigenvalue weighted by Crippen LogP contribution is -2.18. The van der Waals surface area contributed by atoms with Crippen molar-refractivity contribution in [2.45, 2.75) is 13.0 Å². The Morgan fingerprint density at radius 3 is 2.85 bits per heavy atom. The molecule has 3 rings (SSSR count). The summed E-state index contributed by atoms with van der Waals surface area (Å²) in [5.74, 6) is -0.662. The SMILES string of the molecule is CC(C(=O)O)n1nnnc1-c1ccc2ccccc2n1. The molecule has 0 aliphatic heterocycles. The van der Waals surface area contributed by atoms with Crippen molar-refractivity contribution < 1.29 is 9.90 Å². The van der Waals surface area contributed by atoms with Crippen LogP contribution in [-0.4, -0.2) is 36.3 Å². The monoisotopic (exact) mass is 269 g/mol. The first-order valence-corrected chi connectivity index (χ1v) is 6.03. The summed E-state index contributed by atoms with van der Waals surface area (Å²) in [4.78, 5) is 15.5. The topological polar surface area (TPSA) is 93.8 Å². The van der Waals surface area contributed by atoms with Crippen molar-refractivity contribution in [3.8, 4) is 11.5 Å². The highest BCUT2D eigenvalue weighted by Gasteiger charge is 2.20. The second kappa shape index (κ2) is 4.69. The van der Waals surface area contributed by atoms with Crippen LogP contribution in [0.15, 0.2) is 36.4 Å². The molecule has 7 heteroatoms. The molecule has 3 aromatic rings. The van der Waals surface area contributed by atoms with Gasteiger partial charge in [0.2, 0.25) is 5.82 Å². The van der Waals surface area contributed by atoms with Gasteiger partial charge in [0.15, 0.2) is 6.04 Å². The fraction of sp³-hybridized carbons (Fsp3) is 0.154. The Labute approximate surface area is 113 Å². The summed E-state index contributed by atoms with van der Waals surface area (Å²) in [6, 6.07) is 10.5. The molecule has 1 aromatic carbocycles. The molecular formula is C13H11N5O2. The molecule has 1 unspecified atom stereocenters. The third-order valence-electron chi connectivity index (χ3n) is 3.04. The van der Waals surface area contributed by atoms with Crippen molar-refractivity contribution in [1.29, 1.82) is 0 Å². The Hall–Kier alpha value is -2.83. The molecule has 0 radical (unpaired) electrons. The summed E-state index contributed by atoms with van der Waals surface area (Å²) in [6.07, 6.45) is 0. The second-order valence-electron chi connectivity index (χ2n) is 4.35. The van der Waals surface area contributed by atoms with Gasteiger partial charge in [0.05, 0.1) is 5.52 Å². The summed E-state index contributed by atoms with van der Waals surface area (Å²) >= 11 is 0. The molecule has 1 N–H and O–H groups in total. The van der Waals surface area contributed by atoms with E-state index in [-0.39, 0.29) is 0 Å². The van der Waals surface area contributed by atoms with E-state index in [1.807, 2.05) is 30.3 Å². The van der Waals surface area contributed by atoms with Crippen LogP contribution in [0.3, 0.4) is 0 Å². The van der Waals surface area contributed by atoms with Gasteiger partial charge in [0, 0.05) is 5.39 Å². The zero-order valence-corrected chi connectivity index (χ0v) is 10.6. The summed E-state index contributed by atoms with van der Waals surface area (Å²) in [5, 5.41) is 21.2. The Kier molecular flexibility index (Phi) is 2.86. The van der Waals surface area contributed by atoms with E-state index in [0.29, 0.717) is 11.5 Å². The van der Waals surface area contributed by atoms with E-state index in [4.69, 9.17) is 5.11 Å². The molecule has 0 aliphatic rings. The third kappa shape index (κ3) is 1.99. The van der Waals surface area contributed by atoms with Crippen LogP contribution in [0.2, 0.25) is 0 Å². The molecule has 20 heavy (non-hydrogen) atoms. The van der Waals surface area contributed by atoms with Crippen LogP contribution in [-0.2, 0) is 4.79 Å². The lowest BCUT2D eigenvalue weighted by Gasteiger charge is -2.08. The zero-order valence-electron chi connectivity index (χ0n) is 10.6. The number of rotatable bonds is 3. The standard InChI is InChI=1S/C13H11N5O2/c1-8(13(19)20)18-12(15-16-17-18)11-7-6-9-4-2-3-5-10(9)14-11/h2-8H,1H3,(H,19,20). The number of nitrogens with zero attached hydrogens (tertiary/aromatic N) is 5. The Balaban J connectivity index is 2.12. The molecule has 2 heterocycles. The number of hydrogen-bond donors (Lipinski definition) is 1. The van der Waals surface area contributed by atoms with E-state index in [1.165, 1.54) is 11.6 Å². The quantitative estimate of drug-likeness (QED) is 0.775.